The van der Waals surface area contributed by atoms with Gasteiger partial charge in [0.2, 0.25) is 0 Å². The number of benzene rings is 1. The highest BCUT2D eigenvalue weighted by Gasteiger charge is 2.18. The lowest BCUT2D eigenvalue weighted by Crippen LogP contribution is -2.26. The van der Waals surface area contributed by atoms with Crippen molar-refractivity contribution in [3.63, 3.8) is 0 Å². The maximum atomic E-state index is 5.45. The summed E-state index contributed by atoms with van der Waals surface area (Å²) in [7, 11) is 3.37. The predicted molar refractivity (Wildman–Crippen MR) is 65.1 cm³/mol. The normalized spacial score (nSPS) is 11.8. The van der Waals surface area contributed by atoms with Gasteiger partial charge < -0.3 is 9.57 Å². The molecule has 1 N–H and O–H groups in total. The zero-order valence-electron chi connectivity index (χ0n) is 10.5. The van der Waals surface area contributed by atoms with Gasteiger partial charge in [0.15, 0.2) is 0 Å². The van der Waals surface area contributed by atoms with E-state index in [9.17, 15) is 0 Å². The van der Waals surface area contributed by atoms with Crippen molar-refractivity contribution in [2.75, 3.05) is 14.2 Å². The van der Waals surface area contributed by atoms with Crippen molar-refractivity contribution >= 4 is 0 Å². The van der Waals surface area contributed by atoms with Crippen molar-refractivity contribution in [2.24, 2.45) is 0 Å². The van der Waals surface area contributed by atoms with Gasteiger partial charge in [0, 0.05) is 20.1 Å². The Morgan fingerprint density at radius 2 is 1.75 bits per heavy atom. The summed E-state index contributed by atoms with van der Waals surface area (Å²) in [4.78, 5) is 4.88. The van der Waals surface area contributed by atoms with Crippen molar-refractivity contribution < 1.29 is 9.57 Å². The molecule has 0 radical (unpaired) electrons. The second-order valence-corrected chi connectivity index (χ2v) is 4.43. The Morgan fingerprint density at radius 1 is 1.12 bits per heavy atom. The van der Waals surface area contributed by atoms with E-state index in [-0.39, 0.29) is 5.60 Å². The summed E-state index contributed by atoms with van der Waals surface area (Å²) in [6, 6.07) is 8.33. The van der Waals surface area contributed by atoms with Crippen LogP contribution in [0.4, 0.5) is 0 Å². The van der Waals surface area contributed by atoms with Gasteiger partial charge in [-0.3, -0.25) is 0 Å². The Labute approximate surface area is 97.7 Å². The monoisotopic (exact) mass is 223 g/mol. The Morgan fingerprint density at radius 3 is 2.31 bits per heavy atom. The fraction of sp³-hybridized carbons (Fsp3) is 0.538. The molecule has 0 aromatic heterocycles. The Bertz CT molecular complexity index is 323. The van der Waals surface area contributed by atoms with Gasteiger partial charge in [-0.1, -0.05) is 24.3 Å². The summed E-state index contributed by atoms with van der Waals surface area (Å²) in [6.07, 6.45) is 0.894. The lowest BCUT2D eigenvalue weighted by atomic mass is 9.94. The Kier molecular flexibility index (Phi) is 4.93. The number of hydroxylamine groups is 1. The lowest BCUT2D eigenvalue weighted by Gasteiger charge is -2.24. The molecule has 0 spiro atoms. The number of nitrogens with one attached hydrogen (secondary N) is 1. The first-order valence-electron chi connectivity index (χ1n) is 5.47. The van der Waals surface area contributed by atoms with Gasteiger partial charge >= 0.3 is 0 Å². The molecule has 0 bridgehead atoms. The third kappa shape index (κ3) is 3.93. The molecule has 3 nitrogen and oxygen atoms in total. The van der Waals surface area contributed by atoms with Crippen LogP contribution < -0.4 is 5.48 Å². The quantitative estimate of drug-likeness (QED) is 0.751. The van der Waals surface area contributed by atoms with Gasteiger partial charge in [-0.15, -0.1) is 0 Å². The zero-order chi connectivity index (χ0) is 12.0. The smallest absolute Gasteiger partial charge is 0.0663 e. The third-order valence-electron chi connectivity index (χ3n) is 2.69. The molecule has 0 aliphatic carbocycles. The molecule has 3 heteroatoms. The maximum Gasteiger partial charge on any atom is 0.0663 e. The molecule has 1 aromatic rings. The molecule has 0 atom stereocenters. The molecule has 16 heavy (non-hydrogen) atoms. The van der Waals surface area contributed by atoms with Crippen LogP contribution in [0.3, 0.4) is 0 Å². The van der Waals surface area contributed by atoms with E-state index in [4.69, 9.17) is 9.57 Å². The van der Waals surface area contributed by atoms with E-state index in [1.54, 1.807) is 14.2 Å². The molecule has 0 saturated heterocycles. The standard InChI is InChI=1S/C13H21NO2/c1-13(2,15-3)9-11-7-5-6-8-12(11)10-14-16-4/h5-8,14H,9-10H2,1-4H3. The molecule has 90 valence electrons. The first-order chi connectivity index (χ1) is 7.59. The summed E-state index contributed by atoms with van der Waals surface area (Å²) < 4.78 is 5.45. The van der Waals surface area contributed by atoms with Crippen LogP contribution >= 0.6 is 0 Å². The number of methoxy groups -OCH3 is 1. The second-order valence-electron chi connectivity index (χ2n) is 4.43. The van der Waals surface area contributed by atoms with E-state index in [0.717, 1.165) is 6.42 Å². The van der Waals surface area contributed by atoms with Crippen molar-refractivity contribution in [3.05, 3.63) is 35.4 Å². The van der Waals surface area contributed by atoms with Crippen LogP contribution in [0.25, 0.3) is 0 Å². The SMILES string of the molecule is CONCc1ccccc1CC(C)(C)OC. The summed E-state index contributed by atoms with van der Waals surface area (Å²) in [5.41, 5.74) is 5.27. The second kappa shape index (κ2) is 5.99. The molecule has 0 unspecified atom stereocenters. The minimum absolute atomic E-state index is 0.136. The number of hydrogen-bond donors (Lipinski definition) is 1. The van der Waals surface area contributed by atoms with Gasteiger partial charge in [-0.2, -0.15) is 5.48 Å². The summed E-state index contributed by atoms with van der Waals surface area (Å²) in [6.45, 7) is 4.90. The molecule has 1 aromatic carbocycles. The first-order valence-corrected chi connectivity index (χ1v) is 5.47. The minimum atomic E-state index is -0.136. The van der Waals surface area contributed by atoms with Crippen LogP contribution in [0.2, 0.25) is 0 Å². The minimum Gasteiger partial charge on any atom is -0.378 e. The van der Waals surface area contributed by atoms with Crippen molar-refractivity contribution in [2.45, 2.75) is 32.4 Å². The third-order valence-corrected chi connectivity index (χ3v) is 2.69. The van der Waals surface area contributed by atoms with Crippen molar-refractivity contribution in [1.82, 2.24) is 5.48 Å². The molecule has 0 amide bonds. The van der Waals surface area contributed by atoms with Crippen LogP contribution in [0.1, 0.15) is 25.0 Å². The number of ether oxygens (including phenoxy) is 1. The first kappa shape index (κ1) is 13.2. The summed E-state index contributed by atoms with van der Waals surface area (Å²) in [5, 5.41) is 0. The molecule has 0 aliphatic rings. The van der Waals surface area contributed by atoms with Crippen molar-refractivity contribution in [1.29, 1.82) is 0 Å². The average Bonchev–Trinajstić information content (AvgIpc) is 2.27. The fourth-order valence-electron chi connectivity index (χ4n) is 1.58. The van der Waals surface area contributed by atoms with E-state index in [2.05, 4.69) is 37.5 Å². The van der Waals surface area contributed by atoms with Crippen LogP contribution in [0, 0.1) is 0 Å². The van der Waals surface area contributed by atoms with E-state index >= 15 is 0 Å². The van der Waals surface area contributed by atoms with Gasteiger partial charge in [0.05, 0.1) is 12.7 Å². The zero-order valence-corrected chi connectivity index (χ0v) is 10.5. The predicted octanol–water partition coefficient (Wildman–Crippen LogP) is 2.31. The maximum absolute atomic E-state index is 5.45. The van der Waals surface area contributed by atoms with Crippen LogP contribution in [-0.4, -0.2) is 19.8 Å². The highest BCUT2D eigenvalue weighted by atomic mass is 16.6. The van der Waals surface area contributed by atoms with E-state index in [1.165, 1.54) is 11.1 Å². The molecular weight excluding hydrogens is 202 g/mol. The van der Waals surface area contributed by atoms with Gasteiger partial charge in [-0.25, -0.2) is 0 Å². The van der Waals surface area contributed by atoms with E-state index < -0.39 is 0 Å². The lowest BCUT2D eigenvalue weighted by molar-refractivity contribution is 0.0227. The van der Waals surface area contributed by atoms with Gasteiger partial charge in [0.25, 0.3) is 0 Å². The molecule has 0 heterocycles. The molecule has 0 aliphatic heterocycles. The Hall–Kier alpha value is -0.900. The molecule has 0 fully saturated rings. The van der Waals surface area contributed by atoms with Gasteiger partial charge in [-0.05, 0) is 25.0 Å². The Balaban J connectivity index is 2.78. The van der Waals surface area contributed by atoms with E-state index in [1.807, 2.05) is 6.07 Å². The number of hydrogen-bond acceptors (Lipinski definition) is 3. The highest BCUT2D eigenvalue weighted by molar-refractivity contribution is 5.28. The van der Waals surface area contributed by atoms with Crippen LogP contribution in [-0.2, 0) is 22.5 Å². The fourth-order valence-corrected chi connectivity index (χ4v) is 1.58. The summed E-state index contributed by atoms with van der Waals surface area (Å²) in [5.74, 6) is 0. The average molecular weight is 223 g/mol. The number of rotatable bonds is 6. The van der Waals surface area contributed by atoms with Crippen LogP contribution in [0.5, 0.6) is 0 Å². The van der Waals surface area contributed by atoms with Crippen molar-refractivity contribution in [3.8, 4) is 0 Å². The highest BCUT2D eigenvalue weighted by Crippen LogP contribution is 2.19. The summed E-state index contributed by atoms with van der Waals surface area (Å²) >= 11 is 0. The molecule has 1 rings (SSSR count). The van der Waals surface area contributed by atoms with Crippen LogP contribution in [0.15, 0.2) is 24.3 Å². The largest absolute Gasteiger partial charge is 0.378 e. The topological polar surface area (TPSA) is 30.5 Å². The van der Waals surface area contributed by atoms with Gasteiger partial charge in [0.1, 0.15) is 0 Å². The molecule has 0 saturated carbocycles. The molecular formula is C13H21NO2. The van der Waals surface area contributed by atoms with E-state index in [0.29, 0.717) is 6.54 Å².